The summed E-state index contributed by atoms with van der Waals surface area (Å²) in [6, 6.07) is 12.1. The molecule has 3 aromatic rings. The number of nitrogens with one attached hydrogen (secondary N) is 1. The molecule has 0 amide bonds. The van der Waals surface area contributed by atoms with E-state index in [9.17, 15) is 0 Å². The average molecular weight is 404 g/mol. The van der Waals surface area contributed by atoms with Gasteiger partial charge in [-0.1, -0.05) is 12.1 Å². The standard InChI is InChI=1S/C18H18BrN3O3/c1-23-13-6-4-12(5-7-13)17(11-2-3-11)20-10-16-21-22-18(25-16)14-8-9-15(19)24-14/h4-9,11,17,20H,2-3,10H2,1H3. The molecule has 1 aromatic carbocycles. The van der Waals surface area contributed by atoms with Gasteiger partial charge < -0.3 is 18.9 Å². The van der Waals surface area contributed by atoms with Gasteiger partial charge in [0, 0.05) is 6.04 Å². The molecule has 0 spiro atoms. The van der Waals surface area contributed by atoms with Crippen LogP contribution in [0.4, 0.5) is 0 Å². The number of hydrogen-bond donors (Lipinski definition) is 1. The number of halogens is 1. The molecule has 1 fully saturated rings. The largest absolute Gasteiger partial charge is 0.497 e. The summed E-state index contributed by atoms with van der Waals surface area (Å²) in [4.78, 5) is 0. The predicted molar refractivity (Wildman–Crippen MR) is 95.0 cm³/mol. The molecule has 25 heavy (non-hydrogen) atoms. The van der Waals surface area contributed by atoms with E-state index in [-0.39, 0.29) is 6.04 Å². The van der Waals surface area contributed by atoms with E-state index < -0.39 is 0 Å². The van der Waals surface area contributed by atoms with Gasteiger partial charge in [-0.05, 0) is 64.5 Å². The van der Waals surface area contributed by atoms with Crippen LogP contribution in [0.25, 0.3) is 11.7 Å². The van der Waals surface area contributed by atoms with Crippen molar-refractivity contribution in [3.8, 4) is 17.4 Å². The van der Waals surface area contributed by atoms with Gasteiger partial charge in [0.05, 0.1) is 13.7 Å². The Morgan fingerprint density at radius 1 is 1.16 bits per heavy atom. The monoisotopic (exact) mass is 403 g/mol. The number of nitrogens with zero attached hydrogens (tertiary/aromatic N) is 2. The van der Waals surface area contributed by atoms with Crippen molar-refractivity contribution >= 4 is 15.9 Å². The van der Waals surface area contributed by atoms with E-state index >= 15 is 0 Å². The molecule has 7 heteroatoms. The third-order valence-corrected chi connectivity index (χ3v) is 4.72. The number of ether oxygens (including phenoxy) is 1. The summed E-state index contributed by atoms with van der Waals surface area (Å²) in [5, 5.41) is 11.7. The summed E-state index contributed by atoms with van der Waals surface area (Å²) in [6.07, 6.45) is 2.47. The molecule has 1 aliphatic carbocycles. The number of rotatable bonds is 7. The van der Waals surface area contributed by atoms with Gasteiger partial charge in [-0.2, -0.15) is 0 Å². The van der Waals surface area contributed by atoms with Gasteiger partial charge >= 0.3 is 0 Å². The number of methoxy groups -OCH3 is 1. The Balaban J connectivity index is 1.44. The van der Waals surface area contributed by atoms with Crippen LogP contribution >= 0.6 is 15.9 Å². The summed E-state index contributed by atoms with van der Waals surface area (Å²) in [5.41, 5.74) is 1.25. The first-order valence-corrected chi connectivity index (χ1v) is 8.97. The zero-order chi connectivity index (χ0) is 17.2. The minimum absolute atomic E-state index is 0.277. The van der Waals surface area contributed by atoms with Gasteiger partial charge in [0.25, 0.3) is 5.89 Å². The summed E-state index contributed by atoms with van der Waals surface area (Å²) in [7, 11) is 1.68. The highest BCUT2D eigenvalue weighted by atomic mass is 79.9. The van der Waals surface area contributed by atoms with Crippen LogP contribution in [0.15, 0.2) is 49.9 Å². The van der Waals surface area contributed by atoms with E-state index in [4.69, 9.17) is 13.6 Å². The first-order chi connectivity index (χ1) is 12.2. The highest BCUT2D eigenvalue weighted by Gasteiger charge is 2.32. The molecule has 0 saturated heterocycles. The van der Waals surface area contributed by atoms with Gasteiger partial charge in [-0.3, -0.25) is 0 Å². The average Bonchev–Trinajstić information content (AvgIpc) is 3.19. The first kappa shape index (κ1) is 16.4. The number of benzene rings is 1. The SMILES string of the molecule is COc1ccc(C(NCc2nnc(-c3ccc(Br)o3)o2)C2CC2)cc1. The molecule has 2 heterocycles. The van der Waals surface area contributed by atoms with Crippen molar-refractivity contribution in [3.05, 3.63) is 52.5 Å². The fraction of sp³-hybridized carbons (Fsp3) is 0.333. The van der Waals surface area contributed by atoms with Crippen LogP contribution in [0.3, 0.4) is 0 Å². The molecule has 6 nitrogen and oxygen atoms in total. The van der Waals surface area contributed by atoms with Crippen molar-refractivity contribution in [2.45, 2.75) is 25.4 Å². The predicted octanol–water partition coefficient (Wildman–Crippen LogP) is 4.34. The summed E-state index contributed by atoms with van der Waals surface area (Å²) in [6.45, 7) is 0.516. The van der Waals surface area contributed by atoms with E-state index in [1.807, 2.05) is 12.1 Å². The van der Waals surface area contributed by atoms with Gasteiger partial charge in [0.15, 0.2) is 10.4 Å². The van der Waals surface area contributed by atoms with Crippen LogP contribution in [0.1, 0.15) is 30.3 Å². The molecule has 1 saturated carbocycles. The van der Waals surface area contributed by atoms with Gasteiger partial charge in [-0.15, -0.1) is 10.2 Å². The zero-order valence-corrected chi connectivity index (χ0v) is 15.3. The quantitative estimate of drug-likeness (QED) is 0.632. The van der Waals surface area contributed by atoms with Crippen LogP contribution < -0.4 is 10.1 Å². The molecule has 4 rings (SSSR count). The minimum atomic E-state index is 0.277. The molecule has 1 atom stereocenters. The van der Waals surface area contributed by atoms with Crippen LogP contribution in [0.2, 0.25) is 0 Å². The number of furan rings is 1. The lowest BCUT2D eigenvalue weighted by Crippen LogP contribution is -2.22. The number of hydrogen-bond acceptors (Lipinski definition) is 6. The molecule has 130 valence electrons. The molecule has 1 unspecified atom stereocenters. The Labute approximate surface area is 153 Å². The summed E-state index contributed by atoms with van der Waals surface area (Å²) >= 11 is 3.27. The molecule has 0 radical (unpaired) electrons. The lowest BCUT2D eigenvalue weighted by molar-refractivity contribution is 0.408. The topological polar surface area (TPSA) is 73.3 Å². The zero-order valence-electron chi connectivity index (χ0n) is 13.7. The third kappa shape index (κ3) is 3.77. The van der Waals surface area contributed by atoms with E-state index in [0.29, 0.717) is 34.7 Å². The summed E-state index contributed by atoms with van der Waals surface area (Å²) < 4.78 is 17.0. The van der Waals surface area contributed by atoms with Crippen molar-refractivity contribution in [1.29, 1.82) is 0 Å². The van der Waals surface area contributed by atoms with Crippen molar-refractivity contribution in [2.75, 3.05) is 7.11 Å². The van der Waals surface area contributed by atoms with Crippen molar-refractivity contribution in [1.82, 2.24) is 15.5 Å². The van der Waals surface area contributed by atoms with Gasteiger partial charge in [0.1, 0.15) is 5.75 Å². The second-order valence-electron chi connectivity index (χ2n) is 6.07. The van der Waals surface area contributed by atoms with E-state index in [1.165, 1.54) is 18.4 Å². The smallest absolute Gasteiger partial charge is 0.283 e. The van der Waals surface area contributed by atoms with Crippen LogP contribution in [-0.2, 0) is 6.54 Å². The summed E-state index contributed by atoms with van der Waals surface area (Å²) in [5.74, 6) is 3.00. The Morgan fingerprint density at radius 3 is 2.60 bits per heavy atom. The highest BCUT2D eigenvalue weighted by molar-refractivity contribution is 9.10. The van der Waals surface area contributed by atoms with Crippen molar-refractivity contribution in [2.24, 2.45) is 5.92 Å². The lowest BCUT2D eigenvalue weighted by Gasteiger charge is -2.18. The molecule has 0 bridgehead atoms. The second-order valence-corrected chi connectivity index (χ2v) is 6.86. The second kappa shape index (κ2) is 7.01. The third-order valence-electron chi connectivity index (χ3n) is 4.29. The van der Waals surface area contributed by atoms with Crippen molar-refractivity contribution < 1.29 is 13.6 Å². The van der Waals surface area contributed by atoms with E-state index in [1.54, 1.807) is 19.2 Å². The van der Waals surface area contributed by atoms with Crippen molar-refractivity contribution in [3.63, 3.8) is 0 Å². The molecular weight excluding hydrogens is 386 g/mol. The molecule has 2 aromatic heterocycles. The molecule has 0 aliphatic heterocycles. The first-order valence-electron chi connectivity index (χ1n) is 8.18. The Kier molecular flexibility index (Phi) is 4.59. The maximum atomic E-state index is 5.69. The molecule has 1 aliphatic rings. The minimum Gasteiger partial charge on any atom is -0.497 e. The Hall–Kier alpha value is -2.12. The van der Waals surface area contributed by atoms with Gasteiger partial charge in [0.2, 0.25) is 5.89 Å². The molecular formula is C18H18BrN3O3. The number of aromatic nitrogens is 2. The maximum absolute atomic E-state index is 5.69. The Bertz CT molecular complexity index is 839. The Morgan fingerprint density at radius 2 is 1.96 bits per heavy atom. The highest BCUT2D eigenvalue weighted by Crippen LogP contribution is 2.41. The van der Waals surface area contributed by atoms with Crippen LogP contribution in [-0.4, -0.2) is 17.3 Å². The fourth-order valence-corrected chi connectivity index (χ4v) is 3.16. The normalized spacial score (nSPS) is 15.3. The van der Waals surface area contributed by atoms with E-state index in [2.05, 4.69) is 43.6 Å². The fourth-order valence-electron chi connectivity index (χ4n) is 2.85. The molecule has 1 N–H and O–H groups in total. The van der Waals surface area contributed by atoms with E-state index in [0.717, 1.165) is 5.75 Å². The lowest BCUT2D eigenvalue weighted by atomic mass is 10.0. The van der Waals surface area contributed by atoms with Crippen LogP contribution in [0, 0.1) is 5.92 Å². The van der Waals surface area contributed by atoms with Crippen LogP contribution in [0.5, 0.6) is 5.75 Å². The van der Waals surface area contributed by atoms with Gasteiger partial charge in [-0.25, -0.2) is 0 Å². The maximum Gasteiger partial charge on any atom is 0.283 e.